The molecule has 0 aliphatic carbocycles. The van der Waals surface area contributed by atoms with E-state index in [1.54, 1.807) is 10.9 Å². The maximum Gasteiger partial charge on any atom is 0.308 e. The molecule has 4 heteroatoms. The molecule has 0 fully saturated rings. The van der Waals surface area contributed by atoms with Crippen LogP contribution >= 0.6 is 0 Å². The summed E-state index contributed by atoms with van der Waals surface area (Å²) >= 11 is 0. The lowest BCUT2D eigenvalue weighted by Crippen LogP contribution is -2.11. The molecular weight excluding hydrogens is 168 g/mol. The third-order valence-electron chi connectivity index (χ3n) is 1.61. The van der Waals surface area contributed by atoms with Crippen molar-refractivity contribution in [2.75, 3.05) is 0 Å². The summed E-state index contributed by atoms with van der Waals surface area (Å²) in [5.74, 6) is -0.250. The Bertz CT molecular complexity index is 292. The number of hydrogen-bond acceptors (Lipinski definition) is 3. The van der Waals surface area contributed by atoms with E-state index in [9.17, 15) is 4.79 Å². The van der Waals surface area contributed by atoms with Crippen molar-refractivity contribution < 1.29 is 9.53 Å². The van der Waals surface area contributed by atoms with Gasteiger partial charge in [0.25, 0.3) is 0 Å². The van der Waals surface area contributed by atoms with Gasteiger partial charge in [-0.1, -0.05) is 13.8 Å². The summed E-state index contributed by atoms with van der Waals surface area (Å²) in [6, 6.07) is 0. The first kappa shape index (κ1) is 9.77. The van der Waals surface area contributed by atoms with Gasteiger partial charge in [-0.2, -0.15) is 5.10 Å². The van der Waals surface area contributed by atoms with Gasteiger partial charge in [0, 0.05) is 18.8 Å². The van der Waals surface area contributed by atoms with Gasteiger partial charge in [0.1, 0.15) is 6.61 Å². The van der Waals surface area contributed by atoms with E-state index < -0.39 is 0 Å². The maximum absolute atomic E-state index is 11.1. The fraction of sp³-hybridized carbons (Fsp3) is 0.556. The molecule has 0 aliphatic heterocycles. The van der Waals surface area contributed by atoms with Crippen LogP contribution in [0.1, 0.15) is 19.4 Å². The number of hydrogen-bond donors (Lipinski definition) is 0. The monoisotopic (exact) mass is 182 g/mol. The van der Waals surface area contributed by atoms with E-state index >= 15 is 0 Å². The molecule has 1 aromatic rings. The molecule has 0 saturated heterocycles. The van der Waals surface area contributed by atoms with Crippen LogP contribution in [0.3, 0.4) is 0 Å². The fourth-order valence-corrected chi connectivity index (χ4v) is 0.868. The molecule has 0 spiro atoms. The zero-order valence-electron chi connectivity index (χ0n) is 8.15. The first-order valence-electron chi connectivity index (χ1n) is 4.23. The van der Waals surface area contributed by atoms with Crippen molar-refractivity contribution in [2.24, 2.45) is 13.0 Å². The van der Waals surface area contributed by atoms with Crippen LogP contribution in [0.4, 0.5) is 0 Å². The lowest BCUT2D eigenvalue weighted by molar-refractivity contribution is -0.148. The summed E-state index contributed by atoms with van der Waals surface area (Å²) in [4.78, 5) is 11.1. The largest absolute Gasteiger partial charge is 0.460 e. The second-order valence-electron chi connectivity index (χ2n) is 3.28. The first-order chi connectivity index (χ1) is 6.09. The zero-order valence-corrected chi connectivity index (χ0v) is 8.15. The van der Waals surface area contributed by atoms with Crippen LogP contribution in [0.25, 0.3) is 0 Å². The summed E-state index contributed by atoms with van der Waals surface area (Å²) < 4.78 is 6.69. The Morgan fingerprint density at radius 3 is 2.85 bits per heavy atom. The molecule has 1 rings (SSSR count). The topological polar surface area (TPSA) is 44.1 Å². The Morgan fingerprint density at radius 2 is 2.38 bits per heavy atom. The molecule has 0 radical (unpaired) electrons. The fourth-order valence-electron chi connectivity index (χ4n) is 0.868. The minimum absolute atomic E-state index is 0.0725. The van der Waals surface area contributed by atoms with Crippen LogP contribution in [0, 0.1) is 5.92 Å². The summed E-state index contributed by atoms with van der Waals surface area (Å²) in [7, 11) is 1.83. The van der Waals surface area contributed by atoms with E-state index in [0.717, 1.165) is 5.56 Å². The van der Waals surface area contributed by atoms with Crippen molar-refractivity contribution in [1.82, 2.24) is 9.78 Å². The lowest BCUT2D eigenvalue weighted by atomic mass is 10.2. The van der Waals surface area contributed by atoms with Crippen molar-refractivity contribution >= 4 is 5.97 Å². The van der Waals surface area contributed by atoms with Gasteiger partial charge in [-0.25, -0.2) is 0 Å². The van der Waals surface area contributed by atoms with E-state index in [1.165, 1.54) is 0 Å². The number of ether oxygens (including phenoxy) is 1. The molecule has 0 saturated carbocycles. The molecule has 0 bridgehead atoms. The molecule has 72 valence electrons. The molecule has 1 aromatic heterocycles. The molecule has 0 aromatic carbocycles. The molecular formula is C9H14N2O2. The Kier molecular flexibility index (Phi) is 3.06. The Labute approximate surface area is 77.5 Å². The minimum Gasteiger partial charge on any atom is -0.460 e. The standard InChI is InChI=1S/C9H14N2O2/c1-7(2)9(12)13-6-8-4-10-11(3)5-8/h4-5,7H,6H2,1-3H3. The van der Waals surface area contributed by atoms with Crippen molar-refractivity contribution in [3.8, 4) is 0 Å². The van der Waals surface area contributed by atoms with Gasteiger partial charge in [-0.15, -0.1) is 0 Å². The molecule has 0 aliphatic rings. The van der Waals surface area contributed by atoms with E-state index in [-0.39, 0.29) is 11.9 Å². The summed E-state index contributed by atoms with van der Waals surface area (Å²) in [5.41, 5.74) is 0.913. The van der Waals surface area contributed by atoms with Crippen molar-refractivity contribution in [1.29, 1.82) is 0 Å². The van der Waals surface area contributed by atoms with Crippen LogP contribution in [-0.2, 0) is 23.2 Å². The maximum atomic E-state index is 11.1. The van der Waals surface area contributed by atoms with Crippen molar-refractivity contribution in [3.63, 3.8) is 0 Å². The smallest absolute Gasteiger partial charge is 0.308 e. The van der Waals surface area contributed by atoms with E-state index in [0.29, 0.717) is 6.61 Å². The SMILES string of the molecule is CC(C)C(=O)OCc1cnn(C)c1. The Balaban J connectivity index is 2.39. The van der Waals surface area contributed by atoms with Gasteiger partial charge < -0.3 is 4.74 Å². The Hall–Kier alpha value is -1.32. The normalized spacial score (nSPS) is 10.5. The number of aryl methyl sites for hydroxylation is 1. The quantitative estimate of drug-likeness (QED) is 0.658. The zero-order chi connectivity index (χ0) is 9.84. The second kappa shape index (κ2) is 4.07. The van der Waals surface area contributed by atoms with Gasteiger partial charge in [0.05, 0.1) is 12.1 Å². The van der Waals surface area contributed by atoms with Gasteiger partial charge in [0.2, 0.25) is 0 Å². The highest BCUT2D eigenvalue weighted by Crippen LogP contribution is 2.02. The lowest BCUT2D eigenvalue weighted by Gasteiger charge is -2.04. The highest BCUT2D eigenvalue weighted by molar-refractivity contribution is 5.71. The molecule has 13 heavy (non-hydrogen) atoms. The number of carbonyl (C=O) groups excluding carboxylic acids is 1. The highest BCUT2D eigenvalue weighted by atomic mass is 16.5. The van der Waals surface area contributed by atoms with E-state index in [2.05, 4.69) is 5.10 Å². The minimum atomic E-state index is -0.177. The Morgan fingerprint density at radius 1 is 1.69 bits per heavy atom. The summed E-state index contributed by atoms with van der Waals surface area (Å²) in [5, 5.41) is 3.96. The summed E-state index contributed by atoms with van der Waals surface area (Å²) in [6.07, 6.45) is 3.52. The number of rotatable bonds is 3. The second-order valence-corrected chi connectivity index (χ2v) is 3.28. The number of esters is 1. The first-order valence-corrected chi connectivity index (χ1v) is 4.23. The summed E-state index contributed by atoms with van der Waals surface area (Å²) in [6.45, 7) is 3.93. The van der Waals surface area contributed by atoms with Gasteiger partial charge >= 0.3 is 5.97 Å². The number of carbonyl (C=O) groups is 1. The van der Waals surface area contributed by atoms with Crippen LogP contribution in [-0.4, -0.2) is 15.7 Å². The van der Waals surface area contributed by atoms with Gasteiger partial charge in [-0.3, -0.25) is 9.48 Å². The van der Waals surface area contributed by atoms with E-state index in [1.807, 2.05) is 27.1 Å². The van der Waals surface area contributed by atoms with Gasteiger partial charge in [0.15, 0.2) is 0 Å². The average Bonchev–Trinajstić information content (AvgIpc) is 2.47. The van der Waals surface area contributed by atoms with Gasteiger partial charge in [-0.05, 0) is 0 Å². The third-order valence-corrected chi connectivity index (χ3v) is 1.61. The number of aromatic nitrogens is 2. The van der Waals surface area contributed by atoms with Crippen LogP contribution in [0.5, 0.6) is 0 Å². The average molecular weight is 182 g/mol. The van der Waals surface area contributed by atoms with E-state index in [4.69, 9.17) is 4.74 Å². The molecule has 4 nitrogen and oxygen atoms in total. The van der Waals surface area contributed by atoms with Crippen molar-refractivity contribution in [2.45, 2.75) is 20.5 Å². The third kappa shape index (κ3) is 2.89. The molecule has 0 N–H and O–H groups in total. The molecule has 0 atom stereocenters. The van der Waals surface area contributed by atoms with Crippen LogP contribution < -0.4 is 0 Å². The highest BCUT2D eigenvalue weighted by Gasteiger charge is 2.08. The predicted octanol–water partition coefficient (Wildman–Crippen LogP) is 1.12. The van der Waals surface area contributed by atoms with Crippen LogP contribution in [0.2, 0.25) is 0 Å². The van der Waals surface area contributed by atoms with Crippen LogP contribution in [0.15, 0.2) is 12.4 Å². The van der Waals surface area contributed by atoms with Crippen molar-refractivity contribution in [3.05, 3.63) is 18.0 Å². The molecule has 0 unspecified atom stereocenters. The molecule has 1 heterocycles. The predicted molar refractivity (Wildman–Crippen MR) is 47.8 cm³/mol. The number of nitrogens with zero attached hydrogens (tertiary/aromatic N) is 2. The molecule has 0 amide bonds.